The SMILES string of the molecule is COc1ccccc1C1=C(Nc2ccc(C(C)C)cc2)C(=O)N(c2cc(Cl)ccc2C)C1=O. The minimum Gasteiger partial charge on any atom is -0.496 e. The zero-order chi connectivity index (χ0) is 23.7. The molecule has 4 rings (SSSR count). The molecule has 0 aliphatic carbocycles. The number of ether oxygens (including phenoxy) is 1. The molecule has 0 bridgehead atoms. The first-order chi connectivity index (χ1) is 15.8. The van der Waals surface area contributed by atoms with Gasteiger partial charge in [-0.15, -0.1) is 0 Å². The fourth-order valence-electron chi connectivity index (χ4n) is 3.88. The Balaban J connectivity index is 1.85. The summed E-state index contributed by atoms with van der Waals surface area (Å²) < 4.78 is 5.50. The first-order valence-corrected chi connectivity index (χ1v) is 11.1. The van der Waals surface area contributed by atoms with Crippen molar-refractivity contribution in [3.8, 4) is 5.75 Å². The van der Waals surface area contributed by atoms with E-state index in [0.717, 1.165) is 5.56 Å². The van der Waals surface area contributed by atoms with Crippen molar-refractivity contribution >= 4 is 40.4 Å². The van der Waals surface area contributed by atoms with Crippen LogP contribution in [0.4, 0.5) is 11.4 Å². The van der Waals surface area contributed by atoms with Crippen LogP contribution in [0.25, 0.3) is 5.57 Å². The van der Waals surface area contributed by atoms with Crippen molar-refractivity contribution in [3.05, 3.63) is 94.1 Å². The molecular formula is C27H25ClN2O3. The summed E-state index contributed by atoms with van der Waals surface area (Å²) in [7, 11) is 1.54. The van der Waals surface area contributed by atoms with Crippen LogP contribution in [0.1, 0.15) is 36.5 Å². The maximum Gasteiger partial charge on any atom is 0.282 e. The van der Waals surface area contributed by atoms with E-state index in [1.165, 1.54) is 17.6 Å². The third-order valence-corrected chi connectivity index (χ3v) is 5.95. The van der Waals surface area contributed by atoms with Crippen LogP contribution < -0.4 is 15.0 Å². The van der Waals surface area contributed by atoms with E-state index in [1.807, 2.05) is 43.3 Å². The molecule has 168 valence electrons. The lowest BCUT2D eigenvalue weighted by Crippen LogP contribution is -2.33. The van der Waals surface area contributed by atoms with Crippen LogP contribution >= 0.6 is 11.6 Å². The highest BCUT2D eigenvalue weighted by Crippen LogP contribution is 2.39. The number of rotatable bonds is 6. The molecule has 6 heteroatoms. The van der Waals surface area contributed by atoms with E-state index < -0.39 is 11.8 Å². The van der Waals surface area contributed by atoms with Gasteiger partial charge in [-0.25, -0.2) is 4.90 Å². The number of nitrogens with one attached hydrogen (secondary N) is 1. The molecular weight excluding hydrogens is 436 g/mol. The average Bonchev–Trinajstić information content (AvgIpc) is 3.04. The minimum atomic E-state index is -0.445. The van der Waals surface area contributed by atoms with Crippen LogP contribution in [0.3, 0.4) is 0 Å². The molecule has 2 amide bonds. The maximum atomic E-state index is 13.7. The van der Waals surface area contributed by atoms with E-state index in [4.69, 9.17) is 16.3 Å². The monoisotopic (exact) mass is 460 g/mol. The molecule has 0 saturated carbocycles. The fourth-order valence-corrected chi connectivity index (χ4v) is 4.05. The molecule has 1 aliphatic heterocycles. The minimum absolute atomic E-state index is 0.196. The van der Waals surface area contributed by atoms with Crippen molar-refractivity contribution in [1.29, 1.82) is 0 Å². The molecule has 0 radical (unpaired) electrons. The number of amides is 2. The van der Waals surface area contributed by atoms with Crippen molar-refractivity contribution in [2.45, 2.75) is 26.7 Å². The van der Waals surface area contributed by atoms with Crippen molar-refractivity contribution < 1.29 is 14.3 Å². The van der Waals surface area contributed by atoms with Gasteiger partial charge in [0.15, 0.2) is 0 Å². The molecule has 5 nitrogen and oxygen atoms in total. The summed E-state index contributed by atoms with van der Waals surface area (Å²) >= 11 is 6.20. The number of para-hydroxylation sites is 1. The second-order valence-corrected chi connectivity index (χ2v) is 8.66. The molecule has 0 atom stereocenters. The van der Waals surface area contributed by atoms with Crippen molar-refractivity contribution in [2.24, 2.45) is 0 Å². The van der Waals surface area contributed by atoms with Crippen molar-refractivity contribution in [3.63, 3.8) is 0 Å². The smallest absolute Gasteiger partial charge is 0.282 e. The lowest BCUT2D eigenvalue weighted by molar-refractivity contribution is -0.120. The number of carbonyl (C=O) groups excluding carboxylic acids is 2. The molecule has 3 aromatic carbocycles. The van der Waals surface area contributed by atoms with Crippen molar-refractivity contribution in [2.75, 3.05) is 17.3 Å². The molecule has 33 heavy (non-hydrogen) atoms. The van der Waals surface area contributed by atoms with Gasteiger partial charge in [-0.3, -0.25) is 9.59 Å². The zero-order valence-corrected chi connectivity index (χ0v) is 19.7. The van der Waals surface area contributed by atoms with Crippen LogP contribution in [0, 0.1) is 6.92 Å². The number of anilines is 2. The van der Waals surface area contributed by atoms with Crippen LogP contribution in [0.2, 0.25) is 5.02 Å². The number of hydrogen-bond acceptors (Lipinski definition) is 4. The Morgan fingerprint density at radius 1 is 0.939 bits per heavy atom. The van der Waals surface area contributed by atoms with E-state index in [0.29, 0.717) is 33.6 Å². The van der Waals surface area contributed by atoms with E-state index in [9.17, 15) is 9.59 Å². The Morgan fingerprint density at radius 2 is 1.64 bits per heavy atom. The predicted octanol–water partition coefficient (Wildman–Crippen LogP) is 6.18. The number of hydrogen-bond donors (Lipinski definition) is 1. The highest BCUT2D eigenvalue weighted by atomic mass is 35.5. The Kier molecular flexibility index (Phi) is 6.25. The lowest BCUT2D eigenvalue weighted by atomic mass is 10.0. The number of nitrogens with zero attached hydrogens (tertiary/aromatic N) is 1. The van der Waals surface area contributed by atoms with E-state index in [-0.39, 0.29) is 11.3 Å². The quantitative estimate of drug-likeness (QED) is 0.446. The third kappa shape index (κ3) is 4.24. The van der Waals surface area contributed by atoms with E-state index >= 15 is 0 Å². The molecule has 0 fully saturated rings. The average molecular weight is 461 g/mol. The summed E-state index contributed by atoms with van der Waals surface area (Å²) in [5.41, 5.74) is 4.12. The molecule has 0 spiro atoms. The van der Waals surface area contributed by atoms with Gasteiger partial charge in [0.2, 0.25) is 0 Å². The number of aryl methyl sites for hydroxylation is 1. The lowest BCUT2D eigenvalue weighted by Gasteiger charge is -2.18. The van der Waals surface area contributed by atoms with Gasteiger partial charge >= 0.3 is 0 Å². The Morgan fingerprint density at radius 3 is 2.30 bits per heavy atom. The van der Waals surface area contributed by atoms with Crippen LogP contribution in [-0.2, 0) is 9.59 Å². The van der Waals surface area contributed by atoms with Crippen LogP contribution in [-0.4, -0.2) is 18.9 Å². The molecule has 0 unspecified atom stereocenters. The summed E-state index contributed by atoms with van der Waals surface area (Å²) in [5.74, 6) is 0.0153. The molecule has 0 saturated heterocycles. The molecule has 3 aromatic rings. The molecule has 1 N–H and O–H groups in total. The summed E-state index contributed by atoms with van der Waals surface area (Å²) in [6, 6.07) is 20.2. The van der Waals surface area contributed by atoms with Gasteiger partial charge in [-0.05, 0) is 54.3 Å². The standard InChI is InChI=1S/C27H25ClN2O3/c1-16(2)18-10-13-20(14-11-18)29-25-24(21-7-5-6-8-23(21)33-4)26(31)30(27(25)32)22-15-19(28)12-9-17(22)3/h5-16,29H,1-4H3. The Hall–Kier alpha value is -3.57. The second-order valence-electron chi connectivity index (χ2n) is 8.23. The second kappa shape index (κ2) is 9.12. The Bertz CT molecular complexity index is 1260. The Labute approximate surface area is 198 Å². The largest absolute Gasteiger partial charge is 0.496 e. The maximum absolute atomic E-state index is 13.7. The van der Waals surface area contributed by atoms with Crippen LogP contribution in [0.5, 0.6) is 5.75 Å². The van der Waals surface area contributed by atoms with Gasteiger partial charge in [-0.2, -0.15) is 0 Å². The fraction of sp³-hybridized carbons (Fsp3) is 0.185. The first kappa shape index (κ1) is 22.6. The van der Waals surface area contributed by atoms with Gasteiger partial charge < -0.3 is 10.1 Å². The summed E-state index contributed by atoms with van der Waals surface area (Å²) in [4.78, 5) is 28.5. The summed E-state index contributed by atoms with van der Waals surface area (Å²) in [5, 5.41) is 3.65. The number of methoxy groups -OCH3 is 1. The summed E-state index contributed by atoms with van der Waals surface area (Å²) in [6.45, 7) is 6.08. The highest BCUT2D eigenvalue weighted by molar-refractivity contribution is 6.46. The van der Waals surface area contributed by atoms with Gasteiger partial charge in [-0.1, -0.05) is 61.8 Å². The van der Waals surface area contributed by atoms with Gasteiger partial charge in [0.05, 0.1) is 18.4 Å². The van der Waals surface area contributed by atoms with Gasteiger partial charge in [0.25, 0.3) is 11.8 Å². The molecule has 1 heterocycles. The molecule has 0 aromatic heterocycles. The van der Waals surface area contributed by atoms with Gasteiger partial charge in [0, 0.05) is 16.3 Å². The predicted molar refractivity (Wildman–Crippen MR) is 133 cm³/mol. The number of imide groups is 1. The third-order valence-electron chi connectivity index (χ3n) is 5.72. The van der Waals surface area contributed by atoms with Crippen LogP contribution in [0.15, 0.2) is 72.4 Å². The topological polar surface area (TPSA) is 58.6 Å². The van der Waals surface area contributed by atoms with E-state index in [1.54, 1.807) is 30.3 Å². The summed E-state index contributed by atoms with van der Waals surface area (Å²) in [6.07, 6.45) is 0. The normalized spacial score (nSPS) is 13.8. The number of halogens is 1. The van der Waals surface area contributed by atoms with E-state index in [2.05, 4.69) is 19.2 Å². The first-order valence-electron chi connectivity index (χ1n) is 10.7. The number of carbonyl (C=O) groups is 2. The van der Waals surface area contributed by atoms with Gasteiger partial charge in [0.1, 0.15) is 11.4 Å². The number of benzene rings is 3. The molecule has 1 aliphatic rings. The highest BCUT2D eigenvalue weighted by Gasteiger charge is 2.41. The zero-order valence-electron chi connectivity index (χ0n) is 19.0. The van der Waals surface area contributed by atoms with Crippen molar-refractivity contribution in [1.82, 2.24) is 0 Å².